The van der Waals surface area contributed by atoms with E-state index in [1.165, 1.54) is 0 Å². The second-order valence-corrected chi connectivity index (χ2v) is 4.02. The molecule has 0 aromatic heterocycles. The van der Waals surface area contributed by atoms with Gasteiger partial charge in [0.05, 0.1) is 5.02 Å². The molecule has 0 bridgehead atoms. The van der Waals surface area contributed by atoms with Crippen LogP contribution in [-0.2, 0) is 0 Å². The SMILES string of the molecule is CCCSc1c(N)cccc1Cl. The minimum absolute atomic E-state index is 0.758. The summed E-state index contributed by atoms with van der Waals surface area (Å²) in [5.74, 6) is 1.06. The lowest BCUT2D eigenvalue weighted by Gasteiger charge is -2.05. The normalized spacial score (nSPS) is 10.2. The number of thioether (sulfide) groups is 1. The Labute approximate surface area is 82.3 Å². The monoisotopic (exact) mass is 201 g/mol. The van der Waals surface area contributed by atoms with E-state index in [1.807, 2.05) is 18.2 Å². The summed E-state index contributed by atoms with van der Waals surface area (Å²) in [6.07, 6.45) is 1.13. The van der Waals surface area contributed by atoms with E-state index in [2.05, 4.69) is 6.92 Å². The largest absolute Gasteiger partial charge is 0.398 e. The highest BCUT2D eigenvalue weighted by molar-refractivity contribution is 7.99. The number of anilines is 1. The summed E-state index contributed by atoms with van der Waals surface area (Å²) in [4.78, 5) is 1.01. The average Bonchev–Trinajstić information content (AvgIpc) is 2.04. The maximum atomic E-state index is 5.96. The summed E-state index contributed by atoms with van der Waals surface area (Å²) in [5.41, 5.74) is 6.54. The van der Waals surface area contributed by atoms with Gasteiger partial charge < -0.3 is 5.73 Å². The number of hydrogen-bond donors (Lipinski definition) is 1. The van der Waals surface area contributed by atoms with Gasteiger partial charge in [-0.3, -0.25) is 0 Å². The van der Waals surface area contributed by atoms with Gasteiger partial charge in [0.1, 0.15) is 0 Å². The standard InChI is InChI=1S/C9H12ClNS/c1-2-6-12-9-7(10)4-3-5-8(9)11/h3-5H,2,6,11H2,1H3. The molecule has 1 nitrogen and oxygen atoms in total. The van der Waals surface area contributed by atoms with Gasteiger partial charge in [-0.25, -0.2) is 0 Å². The highest BCUT2D eigenvalue weighted by atomic mass is 35.5. The number of rotatable bonds is 3. The second kappa shape index (κ2) is 4.63. The summed E-state index contributed by atoms with van der Waals surface area (Å²) in [5, 5.41) is 0.758. The molecular formula is C9H12ClNS. The molecule has 0 fully saturated rings. The summed E-state index contributed by atoms with van der Waals surface area (Å²) >= 11 is 7.68. The van der Waals surface area contributed by atoms with Crippen molar-refractivity contribution in [3.8, 4) is 0 Å². The zero-order valence-electron chi connectivity index (χ0n) is 7.01. The minimum Gasteiger partial charge on any atom is -0.398 e. The molecule has 0 radical (unpaired) electrons. The average molecular weight is 202 g/mol. The predicted molar refractivity (Wildman–Crippen MR) is 56.9 cm³/mol. The van der Waals surface area contributed by atoms with Crippen molar-refractivity contribution in [2.75, 3.05) is 11.5 Å². The van der Waals surface area contributed by atoms with Crippen molar-refractivity contribution in [1.82, 2.24) is 0 Å². The van der Waals surface area contributed by atoms with Crippen LogP contribution >= 0.6 is 23.4 Å². The molecular weight excluding hydrogens is 190 g/mol. The van der Waals surface area contributed by atoms with Gasteiger partial charge in [0.25, 0.3) is 0 Å². The Morgan fingerprint density at radius 1 is 1.50 bits per heavy atom. The molecule has 0 saturated carbocycles. The third kappa shape index (κ3) is 2.32. The molecule has 0 aliphatic rings. The molecule has 1 aromatic carbocycles. The molecule has 1 aromatic rings. The first-order valence-corrected chi connectivity index (χ1v) is 5.29. The molecule has 0 unspecified atom stereocenters. The number of hydrogen-bond acceptors (Lipinski definition) is 2. The van der Waals surface area contributed by atoms with Crippen LogP contribution in [-0.4, -0.2) is 5.75 Å². The van der Waals surface area contributed by atoms with Gasteiger partial charge in [-0.1, -0.05) is 24.6 Å². The molecule has 2 N–H and O–H groups in total. The molecule has 0 aliphatic heterocycles. The van der Waals surface area contributed by atoms with Gasteiger partial charge in [-0.15, -0.1) is 11.8 Å². The lowest BCUT2D eigenvalue weighted by molar-refractivity contribution is 1.10. The molecule has 0 heterocycles. The third-order valence-electron chi connectivity index (χ3n) is 1.45. The Balaban J connectivity index is 2.81. The number of nitrogen functional groups attached to an aromatic ring is 1. The Morgan fingerprint density at radius 2 is 2.25 bits per heavy atom. The fourth-order valence-electron chi connectivity index (χ4n) is 0.882. The summed E-state index contributed by atoms with van der Waals surface area (Å²) in [6.45, 7) is 2.14. The van der Waals surface area contributed by atoms with Gasteiger partial charge in [-0.05, 0) is 24.3 Å². The maximum Gasteiger partial charge on any atom is 0.0562 e. The predicted octanol–water partition coefficient (Wildman–Crippen LogP) is 3.42. The van der Waals surface area contributed by atoms with Crippen molar-refractivity contribution in [2.45, 2.75) is 18.2 Å². The van der Waals surface area contributed by atoms with Crippen molar-refractivity contribution in [3.05, 3.63) is 23.2 Å². The van der Waals surface area contributed by atoms with Crippen LogP contribution in [0.4, 0.5) is 5.69 Å². The Kier molecular flexibility index (Phi) is 3.76. The van der Waals surface area contributed by atoms with E-state index in [0.717, 1.165) is 27.8 Å². The molecule has 0 amide bonds. The van der Waals surface area contributed by atoms with E-state index in [-0.39, 0.29) is 0 Å². The Hall–Kier alpha value is -0.340. The quantitative estimate of drug-likeness (QED) is 0.599. The summed E-state index contributed by atoms with van der Waals surface area (Å²) in [7, 11) is 0. The van der Waals surface area contributed by atoms with E-state index in [9.17, 15) is 0 Å². The highest BCUT2D eigenvalue weighted by Gasteiger charge is 2.03. The molecule has 0 saturated heterocycles. The van der Waals surface area contributed by atoms with Crippen LogP contribution in [0.1, 0.15) is 13.3 Å². The van der Waals surface area contributed by atoms with Crippen LogP contribution in [0.25, 0.3) is 0 Å². The first kappa shape index (κ1) is 9.75. The fourth-order valence-corrected chi connectivity index (χ4v) is 2.08. The van der Waals surface area contributed by atoms with Gasteiger partial charge in [0.15, 0.2) is 0 Å². The van der Waals surface area contributed by atoms with Crippen LogP contribution in [0.2, 0.25) is 5.02 Å². The lowest BCUT2D eigenvalue weighted by Crippen LogP contribution is -1.89. The third-order valence-corrected chi connectivity index (χ3v) is 3.23. The van der Waals surface area contributed by atoms with Crippen LogP contribution < -0.4 is 5.73 Å². The van der Waals surface area contributed by atoms with Gasteiger partial charge >= 0.3 is 0 Å². The molecule has 1 rings (SSSR count). The zero-order valence-corrected chi connectivity index (χ0v) is 8.58. The van der Waals surface area contributed by atoms with Crippen LogP contribution in [0, 0.1) is 0 Å². The van der Waals surface area contributed by atoms with Gasteiger partial charge in [-0.2, -0.15) is 0 Å². The molecule has 3 heteroatoms. The van der Waals surface area contributed by atoms with Crippen LogP contribution in [0.3, 0.4) is 0 Å². The Bertz CT molecular complexity index is 242. The van der Waals surface area contributed by atoms with Crippen LogP contribution in [0.5, 0.6) is 0 Å². The Morgan fingerprint density at radius 3 is 2.83 bits per heavy atom. The van der Waals surface area contributed by atoms with Crippen molar-refractivity contribution in [3.63, 3.8) is 0 Å². The number of nitrogens with two attached hydrogens (primary N) is 1. The molecule has 0 spiro atoms. The number of halogens is 1. The minimum atomic E-state index is 0.758. The zero-order chi connectivity index (χ0) is 8.97. The van der Waals surface area contributed by atoms with E-state index >= 15 is 0 Å². The van der Waals surface area contributed by atoms with Gasteiger partial charge in [0.2, 0.25) is 0 Å². The lowest BCUT2D eigenvalue weighted by atomic mass is 10.3. The van der Waals surface area contributed by atoms with Crippen molar-refractivity contribution < 1.29 is 0 Å². The molecule has 0 atom stereocenters. The smallest absolute Gasteiger partial charge is 0.0562 e. The van der Waals surface area contributed by atoms with Gasteiger partial charge in [0, 0.05) is 10.6 Å². The second-order valence-electron chi connectivity index (χ2n) is 2.51. The number of benzene rings is 1. The first-order valence-electron chi connectivity index (χ1n) is 3.92. The van der Waals surface area contributed by atoms with Crippen LogP contribution in [0.15, 0.2) is 23.1 Å². The van der Waals surface area contributed by atoms with E-state index in [1.54, 1.807) is 11.8 Å². The first-order chi connectivity index (χ1) is 5.75. The highest BCUT2D eigenvalue weighted by Crippen LogP contribution is 2.32. The molecule has 66 valence electrons. The fraction of sp³-hybridized carbons (Fsp3) is 0.333. The maximum absolute atomic E-state index is 5.96. The summed E-state index contributed by atoms with van der Waals surface area (Å²) in [6, 6.07) is 5.62. The summed E-state index contributed by atoms with van der Waals surface area (Å²) < 4.78 is 0. The van der Waals surface area contributed by atoms with Crippen molar-refractivity contribution >= 4 is 29.1 Å². The van der Waals surface area contributed by atoms with E-state index in [4.69, 9.17) is 17.3 Å². The van der Waals surface area contributed by atoms with Crippen molar-refractivity contribution in [1.29, 1.82) is 0 Å². The van der Waals surface area contributed by atoms with E-state index < -0.39 is 0 Å². The molecule has 0 aliphatic carbocycles. The van der Waals surface area contributed by atoms with E-state index in [0.29, 0.717) is 0 Å². The topological polar surface area (TPSA) is 26.0 Å². The van der Waals surface area contributed by atoms with Crippen molar-refractivity contribution in [2.24, 2.45) is 0 Å². The molecule has 12 heavy (non-hydrogen) atoms.